The number of aryl methyl sites for hydroxylation is 1. The molecule has 0 aliphatic carbocycles. The molecule has 3 aromatic rings. The van der Waals surface area contributed by atoms with Crippen LogP contribution in [0.2, 0.25) is 5.02 Å². The zero-order chi connectivity index (χ0) is 20.1. The van der Waals surface area contributed by atoms with E-state index >= 15 is 0 Å². The lowest BCUT2D eigenvalue weighted by Crippen LogP contribution is -2.10. The first-order chi connectivity index (χ1) is 13.4. The second-order valence-corrected chi connectivity index (χ2v) is 7.19. The van der Waals surface area contributed by atoms with Crippen molar-refractivity contribution in [3.8, 4) is 11.5 Å². The summed E-state index contributed by atoms with van der Waals surface area (Å²) in [6.07, 6.45) is 0. The van der Waals surface area contributed by atoms with Gasteiger partial charge in [-0.1, -0.05) is 11.6 Å². The number of carbonyl (C=O) groups excluding carboxylic acids is 1. The van der Waals surface area contributed by atoms with Crippen LogP contribution in [-0.4, -0.2) is 12.5 Å². The molecule has 3 rings (SSSR count). The summed E-state index contributed by atoms with van der Waals surface area (Å²) in [6.45, 7) is -0.664. The maximum atomic E-state index is 12.3. The number of hydrogen-bond donors (Lipinski definition) is 1. The molecular weight excluding hydrogens is 408 g/mol. The standard InChI is InChI=1S/C20H16ClF2NO3S/c1-12-8-16(6-7-17(12)21)26-10-13-9-18(28-11-13)19(25)24-14-2-4-15(5-3-14)27-20(22)23/h2-9,11,20H,10H2,1H3,(H,24,25). The molecule has 0 radical (unpaired) electrons. The minimum absolute atomic E-state index is 0.0287. The van der Waals surface area contributed by atoms with E-state index in [9.17, 15) is 13.6 Å². The fourth-order valence-electron chi connectivity index (χ4n) is 2.36. The third kappa shape index (κ3) is 5.43. The second-order valence-electron chi connectivity index (χ2n) is 5.88. The van der Waals surface area contributed by atoms with E-state index in [1.807, 2.05) is 18.4 Å². The Balaban J connectivity index is 1.56. The minimum Gasteiger partial charge on any atom is -0.489 e. The molecular formula is C20H16ClF2NO3S. The SMILES string of the molecule is Cc1cc(OCc2csc(C(=O)Nc3ccc(OC(F)F)cc3)c2)ccc1Cl. The Hall–Kier alpha value is -2.64. The smallest absolute Gasteiger partial charge is 0.387 e. The maximum absolute atomic E-state index is 12.3. The van der Waals surface area contributed by atoms with Crippen molar-refractivity contribution in [3.63, 3.8) is 0 Å². The van der Waals surface area contributed by atoms with E-state index in [1.165, 1.54) is 35.6 Å². The first-order valence-corrected chi connectivity index (χ1v) is 9.49. The highest BCUT2D eigenvalue weighted by Crippen LogP contribution is 2.24. The zero-order valence-electron chi connectivity index (χ0n) is 14.7. The van der Waals surface area contributed by atoms with Gasteiger partial charge in [-0.15, -0.1) is 11.3 Å². The van der Waals surface area contributed by atoms with E-state index in [0.717, 1.165) is 11.1 Å². The van der Waals surface area contributed by atoms with E-state index in [0.29, 0.717) is 27.9 Å². The Morgan fingerprint density at radius 2 is 1.86 bits per heavy atom. The van der Waals surface area contributed by atoms with Gasteiger partial charge >= 0.3 is 6.61 Å². The van der Waals surface area contributed by atoms with E-state index in [4.69, 9.17) is 16.3 Å². The highest BCUT2D eigenvalue weighted by atomic mass is 35.5. The van der Waals surface area contributed by atoms with Crippen LogP contribution in [0.15, 0.2) is 53.9 Å². The summed E-state index contributed by atoms with van der Waals surface area (Å²) in [5.41, 5.74) is 2.27. The summed E-state index contributed by atoms with van der Waals surface area (Å²) in [4.78, 5) is 12.9. The van der Waals surface area contributed by atoms with Crippen LogP contribution >= 0.6 is 22.9 Å². The molecule has 1 heterocycles. The second kappa shape index (κ2) is 9.03. The maximum Gasteiger partial charge on any atom is 0.387 e. The van der Waals surface area contributed by atoms with E-state index in [-0.39, 0.29) is 11.7 Å². The Morgan fingerprint density at radius 3 is 2.54 bits per heavy atom. The van der Waals surface area contributed by atoms with Crippen molar-refractivity contribution in [2.75, 3.05) is 5.32 Å². The third-order valence-electron chi connectivity index (χ3n) is 3.75. The van der Waals surface area contributed by atoms with Crippen LogP contribution in [0.4, 0.5) is 14.5 Å². The number of nitrogens with one attached hydrogen (secondary N) is 1. The molecule has 8 heteroatoms. The fraction of sp³-hybridized carbons (Fsp3) is 0.150. The molecule has 0 unspecified atom stereocenters. The largest absolute Gasteiger partial charge is 0.489 e. The van der Waals surface area contributed by atoms with E-state index in [1.54, 1.807) is 18.2 Å². The predicted molar refractivity (Wildman–Crippen MR) is 106 cm³/mol. The van der Waals surface area contributed by atoms with Gasteiger partial charge in [0.1, 0.15) is 18.1 Å². The van der Waals surface area contributed by atoms with Crippen molar-refractivity contribution in [3.05, 3.63) is 74.9 Å². The molecule has 1 amide bonds. The van der Waals surface area contributed by atoms with Gasteiger partial charge in [0.05, 0.1) is 4.88 Å². The first-order valence-electron chi connectivity index (χ1n) is 8.23. The highest BCUT2D eigenvalue weighted by Gasteiger charge is 2.11. The van der Waals surface area contributed by atoms with Gasteiger partial charge in [-0.05, 0) is 66.4 Å². The van der Waals surface area contributed by atoms with Crippen LogP contribution in [0, 0.1) is 6.92 Å². The number of benzene rings is 2. The van der Waals surface area contributed by atoms with Gasteiger partial charge in [0.2, 0.25) is 0 Å². The van der Waals surface area contributed by atoms with Gasteiger partial charge < -0.3 is 14.8 Å². The summed E-state index contributed by atoms with van der Waals surface area (Å²) in [5.74, 6) is 0.437. The average Bonchev–Trinajstić information content (AvgIpc) is 3.13. The number of carbonyl (C=O) groups is 1. The number of rotatable bonds is 7. The molecule has 0 fully saturated rings. The molecule has 0 bridgehead atoms. The molecule has 1 N–H and O–H groups in total. The van der Waals surface area contributed by atoms with E-state index in [2.05, 4.69) is 10.1 Å². The van der Waals surface area contributed by atoms with Gasteiger partial charge in [-0.25, -0.2) is 0 Å². The number of halogens is 3. The molecule has 146 valence electrons. The number of hydrogen-bond acceptors (Lipinski definition) is 4. The fourth-order valence-corrected chi connectivity index (χ4v) is 3.27. The van der Waals surface area contributed by atoms with Crippen molar-refractivity contribution in [2.24, 2.45) is 0 Å². The Bertz CT molecular complexity index is 960. The molecule has 1 aromatic heterocycles. The van der Waals surface area contributed by atoms with Crippen molar-refractivity contribution in [1.82, 2.24) is 0 Å². The quantitative estimate of drug-likeness (QED) is 0.496. The summed E-state index contributed by atoms with van der Waals surface area (Å²) < 4.78 is 34.3. The van der Waals surface area contributed by atoms with Gasteiger partial charge in [-0.3, -0.25) is 4.79 Å². The molecule has 2 aromatic carbocycles. The van der Waals surface area contributed by atoms with Crippen molar-refractivity contribution in [1.29, 1.82) is 0 Å². The van der Waals surface area contributed by atoms with Crippen LogP contribution in [-0.2, 0) is 6.61 Å². The lowest BCUT2D eigenvalue weighted by molar-refractivity contribution is -0.0498. The van der Waals surface area contributed by atoms with Gasteiger partial charge in [-0.2, -0.15) is 8.78 Å². The number of alkyl halides is 2. The molecule has 0 saturated carbocycles. The van der Waals surface area contributed by atoms with Gasteiger partial charge in [0.15, 0.2) is 0 Å². The van der Waals surface area contributed by atoms with Crippen LogP contribution in [0.1, 0.15) is 20.8 Å². The predicted octanol–water partition coefficient (Wildman–Crippen LogP) is 6.14. The van der Waals surface area contributed by atoms with Crippen LogP contribution in [0.3, 0.4) is 0 Å². The average molecular weight is 424 g/mol. The molecule has 28 heavy (non-hydrogen) atoms. The molecule has 0 aliphatic rings. The van der Waals surface area contributed by atoms with E-state index < -0.39 is 6.61 Å². The number of amides is 1. The normalized spacial score (nSPS) is 10.8. The zero-order valence-corrected chi connectivity index (χ0v) is 16.3. The van der Waals surface area contributed by atoms with Crippen molar-refractivity contribution >= 4 is 34.5 Å². The summed E-state index contributed by atoms with van der Waals surface area (Å²) in [5, 5.41) is 5.23. The van der Waals surface area contributed by atoms with Crippen molar-refractivity contribution < 1.29 is 23.0 Å². The Kier molecular flexibility index (Phi) is 6.49. The topological polar surface area (TPSA) is 47.6 Å². The number of anilines is 1. The molecule has 0 aliphatic heterocycles. The van der Waals surface area contributed by atoms with Gasteiger partial charge in [0, 0.05) is 16.3 Å². The number of ether oxygens (including phenoxy) is 2. The Labute approximate surface area is 169 Å². The number of thiophene rings is 1. The van der Waals surface area contributed by atoms with Crippen LogP contribution in [0.25, 0.3) is 0 Å². The van der Waals surface area contributed by atoms with Crippen molar-refractivity contribution in [2.45, 2.75) is 20.1 Å². The Morgan fingerprint density at radius 1 is 1.14 bits per heavy atom. The molecule has 0 atom stereocenters. The summed E-state index contributed by atoms with van der Waals surface area (Å²) in [7, 11) is 0. The third-order valence-corrected chi connectivity index (χ3v) is 5.15. The molecule has 4 nitrogen and oxygen atoms in total. The summed E-state index contributed by atoms with van der Waals surface area (Å²) >= 11 is 7.29. The van der Waals surface area contributed by atoms with Crippen LogP contribution < -0.4 is 14.8 Å². The highest BCUT2D eigenvalue weighted by molar-refractivity contribution is 7.12. The molecule has 0 saturated heterocycles. The lowest BCUT2D eigenvalue weighted by Gasteiger charge is -2.07. The summed E-state index contributed by atoms with van der Waals surface area (Å²) in [6, 6.07) is 12.9. The molecule has 0 spiro atoms. The van der Waals surface area contributed by atoms with Gasteiger partial charge in [0.25, 0.3) is 5.91 Å². The monoisotopic (exact) mass is 423 g/mol. The minimum atomic E-state index is -2.89. The van der Waals surface area contributed by atoms with Crippen LogP contribution in [0.5, 0.6) is 11.5 Å². The lowest BCUT2D eigenvalue weighted by atomic mass is 10.2. The first kappa shape index (κ1) is 20.1.